The maximum absolute atomic E-state index is 11.2. The Morgan fingerprint density at radius 2 is 1.94 bits per heavy atom. The second-order valence-electron chi connectivity index (χ2n) is 3.71. The molecule has 2 unspecified atom stereocenters. The van der Waals surface area contributed by atoms with Gasteiger partial charge in [-0.15, -0.1) is 0 Å². The van der Waals surface area contributed by atoms with Crippen LogP contribution in [-0.2, 0) is 9.53 Å². The van der Waals surface area contributed by atoms with E-state index in [0.29, 0.717) is 19.5 Å². The molecule has 2 amide bonds. The van der Waals surface area contributed by atoms with E-state index in [1.54, 1.807) is 14.0 Å². The van der Waals surface area contributed by atoms with Crippen LogP contribution >= 0.6 is 0 Å². The van der Waals surface area contributed by atoms with Gasteiger partial charge in [0.05, 0.1) is 12.0 Å². The van der Waals surface area contributed by atoms with Gasteiger partial charge in [0, 0.05) is 20.2 Å². The fourth-order valence-electron chi connectivity index (χ4n) is 0.908. The third-order valence-electron chi connectivity index (χ3n) is 2.24. The monoisotopic (exact) mass is 232 g/mol. The number of carboxylic acids is 1. The van der Waals surface area contributed by atoms with E-state index in [-0.39, 0.29) is 12.1 Å². The number of amides is 2. The van der Waals surface area contributed by atoms with Crippen LogP contribution in [0.4, 0.5) is 4.79 Å². The first kappa shape index (κ1) is 14.7. The van der Waals surface area contributed by atoms with Gasteiger partial charge in [-0.2, -0.15) is 0 Å². The fourth-order valence-corrected chi connectivity index (χ4v) is 0.908. The predicted octanol–water partition coefficient (Wildman–Crippen LogP) is 0.431. The van der Waals surface area contributed by atoms with Crippen molar-refractivity contribution in [2.24, 2.45) is 5.92 Å². The number of carbonyl (C=O) groups is 2. The molecule has 0 aliphatic carbocycles. The summed E-state index contributed by atoms with van der Waals surface area (Å²) in [5.74, 6) is -1.30. The van der Waals surface area contributed by atoms with Crippen molar-refractivity contribution in [2.75, 3.05) is 20.2 Å². The molecule has 3 N–H and O–H groups in total. The lowest BCUT2D eigenvalue weighted by atomic mass is 10.1. The Morgan fingerprint density at radius 3 is 2.44 bits per heavy atom. The molecule has 6 nitrogen and oxygen atoms in total. The average molecular weight is 232 g/mol. The van der Waals surface area contributed by atoms with E-state index >= 15 is 0 Å². The van der Waals surface area contributed by atoms with Crippen LogP contribution in [0.2, 0.25) is 0 Å². The molecule has 0 aromatic carbocycles. The van der Waals surface area contributed by atoms with Gasteiger partial charge in [0.15, 0.2) is 0 Å². The van der Waals surface area contributed by atoms with E-state index in [0.717, 1.165) is 0 Å². The number of carboxylic acid groups (broad SMARTS) is 1. The van der Waals surface area contributed by atoms with Crippen LogP contribution in [0.5, 0.6) is 0 Å². The van der Waals surface area contributed by atoms with Crippen LogP contribution in [0, 0.1) is 5.92 Å². The Bertz CT molecular complexity index is 233. The van der Waals surface area contributed by atoms with E-state index in [2.05, 4.69) is 10.6 Å². The van der Waals surface area contributed by atoms with E-state index in [4.69, 9.17) is 9.84 Å². The van der Waals surface area contributed by atoms with Gasteiger partial charge in [0.2, 0.25) is 0 Å². The molecule has 0 radical (unpaired) electrons. The molecule has 0 spiro atoms. The molecule has 16 heavy (non-hydrogen) atoms. The number of aliphatic carboxylic acids is 1. The van der Waals surface area contributed by atoms with Gasteiger partial charge in [-0.3, -0.25) is 4.79 Å². The zero-order chi connectivity index (χ0) is 12.6. The van der Waals surface area contributed by atoms with Crippen molar-refractivity contribution in [3.8, 4) is 0 Å². The first-order valence-corrected chi connectivity index (χ1v) is 5.24. The Kier molecular flexibility index (Phi) is 7.28. The van der Waals surface area contributed by atoms with Gasteiger partial charge in [-0.1, -0.05) is 6.92 Å². The molecule has 2 atom stereocenters. The lowest BCUT2D eigenvalue weighted by Crippen LogP contribution is -2.40. The van der Waals surface area contributed by atoms with E-state index in [1.165, 1.54) is 0 Å². The highest BCUT2D eigenvalue weighted by Crippen LogP contribution is 1.99. The lowest BCUT2D eigenvalue weighted by Gasteiger charge is -2.12. The van der Waals surface area contributed by atoms with Crippen LogP contribution in [0.1, 0.15) is 20.3 Å². The van der Waals surface area contributed by atoms with Crippen molar-refractivity contribution in [2.45, 2.75) is 26.4 Å². The topological polar surface area (TPSA) is 87.7 Å². The molecule has 0 heterocycles. The van der Waals surface area contributed by atoms with Gasteiger partial charge >= 0.3 is 12.0 Å². The summed E-state index contributed by atoms with van der Waals surface area (Å²) >= 11 is 0. The molecule has 0 aromatic heterocycles. The van der Waals surface area contributed by atoms with Crippen LogP contribution in [0.3, 0.4) is 0 Å². The highest BCUT2D eigenvalue weighted by atomic mass is 16.5. The summed E-state index contributed by atoms with van der Waals surface area (Å²) < 4.78 is 4.95. The third-order valence-corrected chi connectivity index (χ3v) is 2.24. The smallest absolute Gasteiger partial charge is 0.314 e. The molecule has 0 rings (SSSR count). The van der Waals surface area contributed by atoms with Gasteiger partial charge in [-0.05, 0) is 13.3 Å². The maximum Gasteiger partial charge on any atom is 0.314 e. The molecular weight excluding hydrogens is 212 g/mol. The van der Waals surface area contributed by atoms with Crippen molar-refractivity contribution in [3.63, 3.8) is 0 Å². The van der Waals surface area contributed by atoms with Gasteiger partial charge in [0.1, 0.15) is 0 Å². The molecule has 0 bridgehead atoms. The molecule has 0 aromatic rings. The summed E-state index contributed by atoms with van der Waals surface area (Å²) in [6, 6.07) is -0.304. The Labute approximate surface area is 95.4 Å². The second kappa shape index (κ2) is 7.92. The van der Waals surface area contributed by atoms with Gasteiger partial charge < -0.3 is 20.5 Å². The van der Waals surface area contributed by atoms with Crippen LogP contribution in [0.25, 0.3) is 0 Å². The van der Waals surface area contributed by atoms with Crippen LogP contribution in [-0.4, -0.2) is 43.4 Å². The van der Waals surface area contributed by atoms with Crippen LogP contribution in [0.15, 0.2) is 0 Å². The average Bonchev–Trinajstić information content (AvgIpc) is 2.25. The molecule has 0 fully saturated rings. The number of rotatable bonds is 7. The zero-order valence-electron chi connectivity index (χ0n) is 9.95. The van der Waals surface area contributed by atoms with Crippen molar-refractivity contribution >= 4 is 12.0 Å². The summed E-state index contributed by atoms with van der Waals surface area (Å²) in [5.41, 5.74) is 0. The molecule has 0 saturated heterocycles. The summed E-state index contributed by atoms with van der Waals surface area (Å²) in [4.78, 5) is 21.7. The molecular formula is C10H20N2O4. The quantitative estimate of drug-likeness (QED) is 0.594. The van der Waals surface area contributed by atoms with E-state index in [1.807, 2.05) is 6.92 Å². The van der Waals surface area contributed by atoms with Crippen molar-refractivity contribution < 1.29 is 19.4 Å². The zero-order valence-corrected chi connectivity index (χ0v) is 9.95. The number of methoxy groups -OCH3 is 1. The minimum Gasteiger partial charge on any atom is -0.481 e. The molecule has 6 heteroatoms. The summed E-state index contributed by atoms with van der Waals surface area (Å²) in [6.45, 7) is 4.22. The molecule has 94 valence electrons. The number of nitrogens with one attached hydrogen (secondary N) is 2. The molecule has 0 saturated carbocycles. The van der Waals surface area contributed by atoms with Crippen molar-refractivity contribution in [1.82, 2.24) is 10.6 Å². The largest absolute Gasteiger partial charge is 0.481 e. The number of hydrogen-bond acceptors (Lipinski definition) is 3. The van der Waals surface area contributed by atoms with Gasteiger partial charge in [-0.25, -0.2) is 4.79 Å². The second-order valence-corrected chi connectivity index (χ2v) is 3.71. The highest BCUT2D eigenvalue weighted by Gasteiger charge is 2.10. The lowest BCUT2D eigenvalue weighted by molar-refractivity contribution is -0.141. The van der Waals surface area contributed by atoms with Crippen molar-refractivity contribution in [1.29, 1.82) is 0 Å². The minimum absolute atomic E-state index is 0.0382. The van der Waals surface area contributed by atoms with Crippen molar-refractivity contribution in [3.05, 3.63) is 0 Å². The summed E-state index contributed by atoms with van der Waals surface area (Å²) in [7, 11) is 1.57. The Balaban J connectivity index is 3.55. The third kappa shape index (κ3) is 7.05. The fraction of sp³-hybridized carbons (Fsp3) is 0.800. The Morgan fingerprint density at radius 1 is 1.31 bits per heavy atom. The number of carbonyl (C=O) groups excluding carboxylic acids is 1. The first-order chi connectivity index (χ1) is 7.47. The number of urea groups is 1. The molecule has 0 aliphatic rings. The van der Waals surface area contributed by atoms with E-state index < -0.39 is 11.9 Å². The molecule has 0 aliphatic heterocycles. The first-order valence-electron chi connectivity index (χ1n) is 5.24. The SMILES string of the molecule is COC(C)CNC(=O)NCCC(C)C(=O)O. The number of ether oxygens (including phenoxy) is 1. The number of hydrogen-bond donors (Lipinski definition) is 3. The Hall–Kier alpha value is -1.30. The maximum atomic E-state index is 11.2. The minimum atomic E-state index is -0.852. The standard InChI is InChI=1S/C10H20N2O4/c1-7(9(13)14)4-5-11-10(15)12-6-8(2)16-3/h7-8H,4-6H2,1-3H3,(H,13,14)(H2,11,12,15). The highest BCUT2D eigenvalue weighted by molar-refractivity contribution is 5.74. The van der Waals surface area contributed by atoms with Crippen LogP contribution < -0.4 is 10.6 Å². The predicted molar refractivity (Wildman–Crippen MR) is 59.3 cm³/mol. The normalized spacial score (nSPS) is 13.9. The summed E-state index contributed by atoms with van der Waals surface area (Å²) in [6.07, 6.45) is 0.381. The van der Waals surface area contributed by atoms with E-state index in [9.17, 15) is 9.59 Å². The summed E-state index contributed by atoms with van der Waals surface area (Å²) in [5, 5.41) is 13.8. The van der Waals surface area contributed by atoms with Gasteiger partial charge in [0.25, 0.3) is 0 Å².